The van der Waals surface area contributed by atoms with E-state index in [0.29, 0.717) is 23.6 Å². The van der Waals surface area contributed by atoms with Crippen molar-refractivity contribution in [2.24, 2.45) is 0 Å². The van der Waals surface area contributed by atoms with E-state index >= 15 is 0 Å². The van der Waals surface area contributed by atoms with Gasteiger partial charge >= 0.3 is 0 Å². The fourth-order valence-corrected chi connectivity index (χ4v) is 2.62. The van der Waals surface area contributed by atoms with Crippen LogP contribution in [0.5, 0.6) is 11.5 Å². The van der Waals surface area contributed by atoms with Crippen LogP contribution in [0.2, 0.25) is 0 Å². The summed E-state index contributed by atoms with van der Waals surface area (Å²) in [5.74, 6) is 1.12. The number of amides is 1. The number of fused-ring (bicyclic) bond motifs is 2. The summed E-state index contributed by atoms with van der Waals surface area (Å²) in [6.07, 6.45) is 1.75. The zero-order chi connectivity index (χ0) is 15.6. The van der Waals surface area contributed by atoms with Crippen LogP contribution in [0.3, 0.4) is 0 Å². The Hall–Kier alpha value is -3.08. The molecule has 114 valence electrons. The minimum atomic E-state index is -0.149. The van der Waals surface area contributed by atoms with Crippen LogP contribution < -0.4 is 14.8 Å². The molecule has 0 bridgehead atoms. The van der Waals surface area contributed by atoms with Crippen molar-refractivity contribution in [2.75, 3.05) is 6.79 Å². The maximum absolute atomic E-state index is 12.3. The Morgan fingerprint density at radius 2 is 1.96 bits per heavy atom. The van der Waals surface area contributed by atoms with Gasteiger partial charge in [-0.3, -0.25) is 9.78 Å². The Morgan fingerprint density at radius 3 is 2.91 bits per heavy atom. The molecular formula is C18H14N2O3. The summed E-state index contributed by atoms with van der Waals surface area (Å²) in [6.45, 7) is 0.639. The number of para-hydroxylation sites is 1. The number of nitrogens with one attached hydrogen (secondary N) is 1. The number of aromatic nitrogens is 1. The van der Waals surface area contributed by atoms with Crippen molar-refractivity contribution in [1.29, 1.82) is 0 Å². The molecule has 0 unspecified atom stereocenters. The van der Waals surface area contributed by atoms with Gasteiger partial charge in [0.2, 0.25) is 6.79 Å². The average Bonchev–Trinajstić information content (AvgIpc) is 3.07. The second kappa shape index (κ2) is 5.61. The first-order valence-electron chi connectivity index (χ1n) is 7.32. The molecule has 0 radical (unpaired) electrons. The molecule has 0 saturated heterocycles. The normalized spacial score (nSPS) is 12.3. The number of hydrogen-bond acceptors (Lipinski definition) is 4. The number of rotatable bonds is 3. The summed E-state index contributed by atoms with van der Waals surface area (Å²) in [5.41, 5.74) is 2.50. The van der Waals surface area contributed by atoms with Crippen molar-refractivity contribution in [3.05, 3.63) is 65.9 Å². The van der Waals surface area contributed by atoms with Gasteiger partial charge in [0, 0.05) is 23.7 Å². The predicted octanol–water partition coefficient (Wildman–Crippen LogP) is 2.89. The van der Waals surface area contributed by atoms with Crippen molar-refractivity contribution in [3.8, 4) is 11.5 Å². The third-order valence-electron chi connectivity index (χ3n) is 3.81. The number of hydrogen-bond donors (Lipinski definition) is 1. The lowest BCUT2D eigenvalue weighted by atomic mass is 10.1. The van der Waals surface area contributed by atoms with E-state index in [-0.39, 0.29) is 12.7 Å². The maximum Gasteiger partial charge on any atom is 0.251 e. The topological polar surface area (TPSA) is 60.5 Å². The first-order chi connectivity index (χ1) is 11.3. The highest BCUT2D eigenvalue weighted by atomic mass is 16.7. The molecule has 4 rings (SSSR count). The summed E-state index contributed by atoms with van der Waals surface area (Å²) >= 11 is 0. The van der Waals surface area contributed by atoms with Gasteiger partial charge in [0.1, 0.15) is 0 Å². The second-order valence-corrected chi connectivity index (χ2v) is 5.24. The number of ether oxygens (including phenoxy) is 2. The Bertz CT molecular complexity index is 887. The summed E-state index contributed by atoms with van der Waals surface area (Å²) in [7, 11) is 0. The van der Waals surface area contributed by atoms with E-state index in [0.717, 1.165) is 16.5 Å². The lowest BCUT2D eigenvalue weighted by Gasteiger charge is -2.08. The number of pyridine rings is 1. The summed E-state index contributed by atoms with van der Waals surface area (Å²) in [4.78, 5) is 16.7. The molecule has 1 N–H and O–H groups in total. The summed E-state index contributed by atoms with van der Waals surface area (Å²) < 4.78 is 10.5. The number of benzene rings is 2. The van der Waals surface area contributed by atoms with Gasteiger partial charge in [-0.2, -0.15) is 0 Å². The van der Waals surface area contributed by atoms with E-state index in [1.165, 1.54) is 0 Å². The second-order valence-electron chi connectivity index (χ2n) is 5.24. The van der Waals surface area contributed by atoms with Crippen LogP contribution in [-0.4, -0.2) is 17.7 Å². The predicted molar refractivity (Wildman–Crippen MR) is 85.5 cm³/mol. The van der Waals surface area contributed by atoms with Crippen molar-refractivity contribution >= 4 is 16.8 Å². The minimum Gasteiger partial charge on any atom is -0.454 e. The summed E-state index contributed by atoms with van der Waals surface area (Å²) in [6, 6.07) is 15.0. The van der Waals surface area contributed by atoms with Crippen LogP contribution in [0.25, 0.3) is 10.9 Å². The van der Waals surface area contributed by atoms with Gasteiger partial charge in [0.15, 0.2) is 11.5 Å². The van der Waals surface area contributed by atoms with E-state index in [9.17, 15) is 4.79 Å². The van der Waals surface area contributed by atoms with E-state index in [1.807, 2.05) is 30.3 Å². The Kier molecular flexibility index (Phi) is 3.31. The van der Waals surface area contributed by atoms with Gasteiger partial charge in [-0.05, 0) is 35.9 Å². The number of carbonyl (C=O) groups excluding carboxylic acids is 1. The Balaban J connectivity index is 1.53. The molecule has 1 aliphatic rings. The fourth-order valence-electron chi connectivity index (χ4n) is 2.62. The van der Waals surface area contributed by atoms with Crippen LogP contribution in [0, 0.1) is 0 Å². The molecule has 1 amide bonds. The lowest BCUT2D eigenvalue weighted by molar-refractivity contribution is 0.0950. The first kappa shape index (κ1) is 13.6. The van der Waals surface area contributed by atoms with Gasteiger partial charge in [-0.1, -0.05) is 18.2 Å². The van der Waals surface area contributed by atoms with Gasteiger partial charge < -0.3 is 14.8 Å². The molecule has 2 heterocycles. The first-order valence-corrected chi connectivity index (χ1v) is 7.32. The van der Waals surface area contributed by atoms with Gasteiger partial charge in [-0.25, -0.2) is 0 Å². The summed E-state index contributed by atoms with van der Waals surface area (Å²) in [5, 5.41) is 3.98. The van der Waals surface area contributed by atoms with Crippen molar-refractivity contribution < 1.29 is 14.3 Å². The Morgan fingerprint density at radius 1 is 1.09 bits per heavy atom. The molecule has 23 heavy (non-hydrogen) atoms. The minimum absolute atomic E-state index is 0.149. The van der Waals surface area contributed by atoms with Crippen molar-refractivity contribution in [3.63, 3.8) is 0 Å². The zero-order valence-electron chi connectivity index (χ0n) is 12.3. The largest absolute Gasteiger partial charge is 0.454 e. The van der Waals surface area contributed by atoms with Crippen LogP contribution in [0.1, 0.15) is 15.9 Å². The highest BCUT2D eigenvalue weighted by molar-refractivity contribution is 5.95. The molecule has 1 aliphatic heterocycles. The van der Waals surface area contributed by atoms with Crippen LogP contribution >= 0.6 is 0 Å². The molecule has 0 spiro atoms. The highest BCUT2D eigenvalue weighted by Crippen LogP contribution is 2.32. The number of nitrogens with zero attached hydrogens (tertiary/aromatic N) is 1. The highest BCUT2D eigenvalue weighted by Gasteiger charge is 2.16. The van der Waals surface area contributed by atoms with Gasteiger partial charge in [-0.15, -0.1) is 0 Å². The smallest absolute Gasteiger partial charge is 0.251 e. The average molecular weight is 306 g/mol. The molecule has 0 atom stereocenters. The quantitative estimate of drug-likeness (QED) is 0.808. The van der Waals surface area contributed by atoms with E-state index in [4.69, 9.17) is 9.47 Å². The van der Waals surface area contributed by atoms with E-state index in [1.54, 1.807) is 24.4 Å². The van der Waals surface area contributed by atoms with Crippen LogP contribution in [0.15, 0.2) is 54.7 Å². The van der Waals surface area contributed by atoms with Gasteiger partial charge in [0.25, 0.3) is 5.91 Å². The molecule has 1 aromatic heterocycles. The number of carbonyl (C=O) groups is 1. The zero-order valence-corrected chi connectivity index (χ0v) is 12.3. The molecule has 0 saturated carbocycles. The van der Waals surface area contributed by atoms with E-state index < -0.39 is 0 Å². The molecule has 3 aromatic rings. The third-order valence-corrected chi connectivity index (χ3v) is 3.81. The third kappa shape index (κ3) is 2.57. The Labute approximate surface area is 132 Å². The van der Waals surface area contributed by atoms with Crippen molar-refractivity contribution in [1.82, 2.24) is 10.3 Å². The van der Waals surface area contributed by atoms with Gasteiger partial charge in [0.05, 0.1) is 5.52 Å². The van der Waals surface area contributed by atoms with Crippen molar-refractivity contribution in [2.45, 2.75) is 6.54 Å². The fraction of sp³-hybridized carbons (Fsp3) is 0.111. The monoisotopic (exact) mass is 306 g/mol. The molecule has 5 heteroatoms. The van der Waals surface area contributed by atoms with Crippen LogP contribution in [-0.2, 0) is 6.54 Å². The molecular weight excluding hydrogens is 292 g/mol. The molecule has 5 nitrogen and oxygen atoms in total. The molecule has 0 aliphatic carbocycles. The maximum atomic E-state index is 12.3. The SMILES string of the molecule is O=C(NCc1ccnc2ccccc12)c1ccc2c(c1)OCO2. The standard InChI is InChI=1S/C18H14N2O3/c21-18(12-5-6-16-17(9-12)23-11-22-16)20-10-13-7-8-19-15-4-2-1-3-14(13)15/h1-9H,10-11H2,(H,20,21). The van der Waals surface area contributed by atoms with Crippen LogP contribution in [0.4, 0.5) is 0 Å². The molecule has 0 fully saturated rings. The molecule has 2 aromatic carbocycles. The lowest BCUT2D eigenvalue weighted by Crippen LogP contribution is -2.22. The van der Waals surface area contributed by atoms with E-state index in [2.05, 4.69) is 10.3 Å².